The topological polar surface area (TPSA) is 65.5 Å². The Hall–Kier alpha value is -2.89. The smallest absolute Gasteiger partial charge is 0.255 e. The monoisotopic (exact) mass is 378 g/mol. The molecule has 2 aromatic rings. The van der Waals surface area contributed by atoms with Crippen molar-refractivity contribution in [3.63, 3.8) is 0 Å². The third-order valence-electron chi connectivity index (χ3n) is 5.67. The number of hydrogen-bond acceptors (Lipinski definition) is 4. The summed E-state index contributed by atoms with van der Waals surface area (Å²) in [4.78, 5) is 33.3. The Bertz CT molecular complexity index is 808. The van der Waals surface area contributed by atoms with Gasteiger partial charge in [0, 0.05) is 55.9 Å². The Morgan fingerprint density at radius 2 is 1.68 bits per heavy atom. The molecule has 2 aliphatic rings. The Kier molecular flexibility index (Phi) is 5.55. The lowest BCUT2D eigenvalue weighted by atomic mass is 9.95. The molecule has 1 aromatic heterocycles. The zero-order valence-electron chi connectivity index (χ0n) is 16.0. The predicted octanol–water partition coefficient (Wildman–Crippen LogP) is 3.17. The molecule has 2 fully saturated rings. The summed E-state index contributed by atoms with van der Waals surface area (Å²) >= 11 is 0. The summed E-state index contributed by atoms with van der Waals surface area (Å²) in [5, 5.41) is 3.03. The first kappa shape index (κ1) is 18.5. The van der Waals surface area contributed by atoms with E-state index in [1.165, 1.54) is 18.5 Å². The summed E-state index contributed by atoms with van der Waals surface area (Å²) in [6.07, 6.45) is 7.12. The van der Waals surface area contributed by atoms with Crippen molar-refractivity contribution in [2.75, 3.05) is 36.4 Å². The summed E-state index contributed by atoms with van der Waals surface area (Å²) in [6, 6.07) is 11.7. The van der Waals surface area contributed by atoms with Gasteiger partial charge in [-0.25, -0.2) is 0 Å². The first-order valence-electron chi connectivity index (χ1n) is 10.1. The van der Waals surface area contributed by atoms with Crippen molar-refractivity contribution in [2.45, 2.75) is 25.7 Å². The van der Waals surface area contributed by atoms with Crippen LogP contribution < -0.4 is 10.2 Å². The zero-order valence-corrected chi connectivity index (χ0v) is 16.0. The molecule has 3 heterocycles. The van der Waals surface area contributed by atoms with Crippen LogP contribution in [0.15, 0.2) is 48.8 Å². The number of hydrogen-bond donors (Lipinski definition) is 1. The molecular formula is C22H26N4O2. The summed E-state index contributed by atoms with van der Waals surface area (Å²) < 4.78 is 0. The number of likely N-dealkylation sites (tertiary alicyclic amines) is 1. The van der Waals surface area contributed by atoms with Crippen LogP contribution in [0.1, 0.15) is 36.0 Å². The minimum Gasteiger partial charge on any atom is -0.372 e. The lowest BCUT2D eigenvalue weighted by Gasteiger charge is -2.31. The molecule has 0 radical (unpaired) electrons. The van der Waals surface area contributed by atoms with Crippen LogP contribution in [0.3, 0.4) is 0 Å². The maximum absolute atomic E-state index is 12.6. The lowest BCUT2D eigenvalue weighted by molar-refractivity contribution is -0.121. The molecule has 6 heteroatoms. The van der Waals surface area contributed by atoms with Crippen molar-refractivity contribution in [3.05, 3.63) is 54.4 Å². The predicted molar refractivity (Wildman–Crippen MR) is 109 cm³/mol. The van der Waals surface area contributed by atoms with Crippen LogP contribution in [0.5, 0.6) is 0 Å². The van der Waals surface area contributed by atoms with E-state index >= 15 is 0 Å². The van der Waals surface area contributed by atoms with E-state index in [1.807, 2.05) is 17.0 Å². The molecule has 28 heavy (non-hydrogen) atoms. The minimum absolute atomic E-state index is 0.00976. The summed E-state index contributed by atoms with van der Waals surface area (Å²) in [7, 11) is 0. The van der Waals surface area contributed by atoms with Gasteiger partial charge in [-0.1, -0.05) is 0 Å². The Labute approximate surface area is 165 Å². The number of piperidine rings is 1. The zero-order chi connectivity index (χ0) is 19.3. The largest absolute Gasteiger partial charge is 0.372 e. The van der Waals surface area contributed by atoms with E-state index in [0.717, 1.165) is 18.8 Å². The van der Waals surface area contributed by atoms with Crippen LogP contribution in [0.2, 0.25) is 0 Å². The number of pyridine rings is 1. The molecule has 0 aliphatic carbocycles. The molecule has 2 amide bonds. The average molecular weight is 378 g/mol. The van der Waals surface area contributed by atoms with E-state index in [4.69, 9.17) is 0 Å². The van der Waals surface area contributed by atoms with Gasteiger partial charge < -0.3 is 15.1 Å². The number of nitrogens with zero attached hydrogens (tertiary/aromatic N) is 3. The van der Waals surface area contributed by atoms with Gasteiger partial charge in [-0.3, -0.25) is 14.6 Å². The fourth-order valence-corrected chi connectivity index (χ4v) is 3.99. The van der Waals surface area contributed by atoms with Crippen molar-refractivity contribution in [1.82, 2.24) is 9.88 Å². The Morgan fingerprint density at radius 1 is 0.964 bits per heavy atom. The van der Waals surface area contributed by atoms with Gasteiger partial charge in [0.2, 0.25) is 5.91 Å². The summed E-state index contributed by atoms with van der Waals surface area (Å²) in [6.45, 7) is 3.42. The third-order valence-corrected chi connectivity index (χ3v) is 5.67. The second-order valence-electron chi connectivity index (χ2n) is 7.54. The molecule has 0 bridgehead atoms. The third kappa shape index (κ3) is 4.16. The number of benzene rings is 1. The molecule has 0 saturated carbocycles. The van der Waals surface area contributed by atoms with Crippen LogP contribution in [0, 0.1) is 5.92 Å². The number of rotatable bonds is 4. The normalized spacial score (nSPS) is 17.6. The highest BCUT2D eigenvalue weighted by Crippen LogP contribution is 2.24. The van der Waals surface area contributed by atoms with Gasteiger partial charge in [-0.15, -0.1) is 0 Å². The van der Waals surface area contributed by atoms with E-state index < -0.39 is 0 Å². The van der Waals surface area contributed by atoms with Gasteiger partial charge in [0.25, 0.3) is 5.91 Å². The average Bonchev–Trinajstić information content (AvgIpc) is 3.29. The van der Waals surface area contributed by atoms with E-state index in [1.54, 1.807) is 24.5 Å². The number of aromatic nitrogens is 1. The standard InChI is InChI=1S/C22H26N4O2/c27-21(24-19-5-7-20(8-6-19)25-12-1-2-13-25)17-9-14-26(15-10-17)22(28)18-4-3-11-23-16-18/h3-8,11,16-17H,1-2,9-10,12-15H2,(H,24,27). The summed E-state index contributed by atoms with van der Waals surface area (Å²) in [5.74, 6) is -0.0249. The van der Waals surface area contributed by atoms with E-state index in [-0.39, 0.29) is 17.7 Å². The van der Waals surface area contributed by atoms with Gasteiger partial charge in [0.1, 0.15) is 0 Å². The van der Waals surface area contributed by atoms with E-state index in [9.17, 15) is 9.59 Å². The Morgan fingerprint density at radius 3 is 2.32 bits per heavy atom. The van der Waals surface area contributed by atoms with Crippen molar-refractivity contribution in [2.24, 2.45) is 5.92 Å². The fraction of sp³-hybridized carbons (Fsp3) is 0.409. The fourth-order valence-electron chi connectivity index (χ4n) is 3.99. The highest BCUT2D eigenvalue weighted by molar-refractivity contribution is 5.95. The highest BCUT2D eigenvalue weighted by atomic mass is 16.2. The van der Waals surface area contributed by atoms with Gasteiger partial charge in [0.15, 0.2) is 0 Å². The van der Waals surface area contributed by atoms with Crippen LogP contribution in [-0.4, -0.2) is 47.9 Å². The van der Waals surface area contributed by atoms with E-state index in [0.29, 0.717) is 31.5 Å². The molecule has 146 valence electrons. The molecule has 2 saturated heterocycles. The number of carbonyl (C=O) groups excluding carboxylic acids is 2. The van der Waals surface area contributed by atoms with Crippen LogP contribution in [0.4, 0.5) is 11.4 Å². The minimum atomic E-state index is -0.0591. The van der Waals surface area contributed by atoms with Gasteiger partial charge in [0.05, 0.1) is 5.56 Å². The number of nitrogens with one attached hydrogen (secondary N) is 1. The SMILES string of the molecule is O=C(Nc1ccc(N2CCCC2)cc1)C1CCN(C(=O)c2cccnc2)CC1. The summed E-state index contributed by atoms with van der Waals surface area (Å²) in [5.41, 5.74) is 2.66. The number of carbonyl (C=O) groups is 2. The molecular weight excluding hydrogens is 352 g/mol. The second kappa shape index (κ2) is 8.42. The van der Waals surface area contributed by atoms with Gasteiger partial charge in [-0.05, 0) is 62.1 Å². The van der Waals surface area contributed by atoms with Gasteiger partial charge >= 0.3 is 0 Å². The lowest BCUT2D eigenvalue weighted by Crippen LogP contribution is -2.41. The highest BCUT2D eigenvalue weighted by Gasteiger charge is 2.28. The van der Waals surface area contributed by atoms with Crippen LogP contribution in [-0.2, 0) is 4.79 Å². The maximum atomic E-state index is 12.6. The van der Waals surface area contributed by atoms with Crippen molar-refractivity contribution in [3.8, 4) is 0 Å². The Balaban J connectivity index is 1.28. The molecule has 6 nitrogen and oxygen atoms in total. The molecule has 4 rings (SSSR count). The maximum Gasteiger partial charge on any atom is 0.255 e. The second-order valence-corrected chi connectivity index (χ2v) is 7.54. The molecule has 2 aliphatic heterocycles. The van der Waals surface area contributed by atoms with E-state index in [2.05, 4.69) is 27.3 Å². The number of amides is 2. The van der Waals surface area contributed by atoms with Gasteiger partial charge in [-0.2, -0.15) is 0 Å². The quantitative estimate of drug-likeness (QED) is 0.887. The van der Waals surface area contributed by atoms with Crippen LogP contribution >= 0.6 is 0 Å². The van der Waals surface area contributed by atoms with Crippen LogP contribution in [0.25, 0.3) is 0 Å². The molecule has 0 spiro atoms. The molecule has 0 unspecified atom stereocenters. The first-order valence-corrected chi connectivity index (χ1v) is 10.1. The molecule has 1 N–H and O–H groups in total. The van der Waals surface area contributed by atoms with Crippen molar-refractivity contribution < 1.29 is 9.59 Å². The molecule has 1 aromatic carbocycles. The first-order chi connectivity index (χ1) is 13.7. The molecule has 0 atom stereocenters. The number of anilines is 2. The van der Waals surface area contributed by atoms with Crippen molar-refractivity contribution >= 4 is 23.2 Å². The van der Waals surface area contributed by atoms with Crippen molar-refractivity contribution in [1.29, 1.82) is 0 Å².